The van der Waals surface area contributed by atoms with Gasteiger partial charge >= 0.3 is 0 Å². The maximum atomic E-state index is 13.5. The standard InChI is InChI=1S/C28H38N2O3/c1-4-26(28(32)29-24-10-6-5-7-11-24)30(20-23-9-8-12-25(19-23)33-3)27(31)18-17-22-15-13-21(2)14-16-22/h8-9,12-16,19,24,26H,4-7,10-11,17-18,20H2,1-3H3,(H,29,32)/t26-/m0/s1. The molecule has 0 radical (unpaired) electrons. The van der Waals surface area contributed by atoms with Crippen LogP contribution in [-0.4, -0.2) is 35.9 Å². The summed E-state index contributed by atoms with van der Waals surface area (Å²) < 4.78 is 5.36. The molecule has 2 aromatic carbocycles. The first-order valence-electron chi connectivity index (χ1n) is 12.3. The molecule has 0 unspecified atom stereocenters. The molecule has 0 aromatic heterocycles. The van der Waals surface area contributed by atoms with Gasteiger partial charge in [-0.3, -0.25) is 9.59 Å². The van der Waals surface area contributed by atoms with Crippen molar-refractivity contribution < 1.29 is 14.3 Å². The molecule has 0 aliphatic heterocycles. The van der Waals surface area contributed by atoms with Crippen LogP contribution in [0.1, 0.15) is 68.6 Å². The molecule has 3 rings (SSSR count). The third-order valence-electron chi connectivity index (χ3n) is 6.57. The Kier molecular flexibility index (Phi) is 9.35. The lowest BCUT2D eigenvalue weighted by Gasteiger charge is -2.33. The third kappa shape index (κ3) is 7.34. The minimum absolute atomic E-state index is 0.00374. The molecule has 1 atom stereocenters. The highest BCUT2D eigenvalue weighted by molar-refractivity contribution is 5.88. The Bertz CT molecular complexity index is 904. The molecule has 178 valence electrons. The fourth-order valence-electron chi connectivity index (χ4n) is 4.58. The van der Waals surface area contributed by atoms with Crippen LogP contribution in [0.25, 0.3) is 0 Å². The van der Waals surface area contributed by atoms with Gasteiger partial charge in [0.2, 0.25) is 11.8 Å². The van der Waals surface area contributed by atoms with Gasteiger partial charge in [-0.15, -0.1) is 0 Å². The number of nitrogens with one attached hydrogen (secondary N) is 1. The number of rotatable bonds is 10. The van der Waals surface area contributed by atoms with Crippen molar-refractivity contribution in [2.45, 2.75) is 83.8 Å². The molecule has 1 saturated carbocycles. The Labute approximate surface area is 198 Å². The second-order valence-electron chi connectivity index (χ2n) is 9.13. The highest BCUT2D eigenvalue weighted by Crippen LogP contribution is 2.21. The Morgan fingerprint density at radius 2 is 1.79 bits per heavy atom. The fraction of sp³-hybridized carbons (Fsp3) is 0.500. The molecule has 0 bridgehead atoms. The molecule has 1 fully saturated rings. The molecule has 2 aromatic rings. The number of carbonyl (C=O) groups excluding carboxylic acids is 2. The average molecular weight is 451 g/mol. The molecule has 0 spiro atoms. The fourth-order valence-corrected chi connectivity index (χ4v) is 4.58. The minimum atomic E-state index is -0.483. The molecular formula is C28H38N2O3. The van der Waals surface area contributed by atoms with Gasteiger partial charge in [-0.1, -0.05) is 68.1 Å². The average Bonchev–Trinajstić information content (AvgIpc) is 2.84. The monoisotopic (exact) mass is 450 g/mol. The van der Waals surface area contributed by atoms with E-state index in [-0.39, 0.29) is 17.9 Å². The van der Waals surface area contributed by atoms with Gasteiger partial charge in [0, 0.05) is 19.0 Å². The minimum Gasteiger partial charge on any atom is -0.497 e. The smallest absolute Gasteiger partial charge is 0.243 e. The van der Waals surface area contributed by atoms with Crippen LogP contribution >= 0.6 is 0 Å². The number of methoxy groups -OCH3 is 1. The maximum Gasteiger partial charge on any atom is 0.243 e. The summed E-state index contributed by atoms with van der Waals surface area (Å²) in [5.41, 5.74) is 3.30. The van der Waals surface area contributed by atoms with Gasteiger partial charge in [-0.05, 0) is 55.9 Å². The summed E-state index contributed by atoms with van der Waals surface area (Å²) in [7, 11) is 1.63. The van der Waals surface area contributed by atoms with E-state index in [1.807, 2.05) is 31.2 Å². The zero-order chi connectivity index (χ0) is 23.6. The van der Waals surface area contributed by atoms with E-state index in [0.29, 0.717) is 25.8 Å². The molecule has 1 aliphatic rings. The van der Waals surface area contributed by atoms with Crippen LogP contribution in [0.4, 0.5) is 0 Å². The number of aryl methyl sites for hydroxylation is 2. The molecular weight excluding hydrogens is 412 g/mol. The number of hydrogen-bond acceptors (Lipinski definition) is 3. The van der Waals surface area contributed by atoms with Crippen molar-refractivity contribution in [2.75, 3.05) is 7.11 Å². The van der Waals surface area contributed by atoms with E-state index in [4.69, 9.17) is 4.74 Å². The van der Waals surface area contributed by atoms with E-state index < -0.39 is 6.04 Å². The zero-order valence-corrected chi connectivity index (χ0v) is 20.3. The van der Waals surface area contributed by atoms with Crippen molar-refractivity contribution >= 4 is 11.8 Å². The SMILES string of the molecule is CC[C@@H](C(=O)NC1CCCCC1)N(Cc1cccc(OC)c1)C(=O)CCc1ccc(C)cc1. The van der Waals surface area contributed by atoms with E-state index in [9.17, 15) is 9.59 Å². The lowest BCUT2D eigenvalue weighted by Crippen LogP contribution is -2.51. The molecule has 1 aliphatic carbocycles. The lowest BCUT2D eigenvalue weighted by molar-refractivity contribution is -0.141. The van der Waals surface area contributed by atoms with Crippen molar-refractivity contribution in [3.63, 3.8) is 0 Å². The second kappa shape index (κ2) is 12.4. The highest BCUT2D eigenvalue weighted by Gasteiger charge is 2.30. The Morgan fingerprint density at radius 1 is 1.06 bits per heavy atom. The van der Waals surface area contributed by atoms with Gasteiger partial charge in [0.1, 0.15) is 11.8 Å². The predicted octanol–water partition coefficient (Wildman–Crippen LogP) is 5.19. The van der Waals surface area contributed by atoms with E-state index in [1.165, 1.54) is 12.0 Å². The normalized spacial score (nSPS) is 15.0. The van der Waals surface area contributed by atoms with Crippen LogP contribution in [-0.2, 0) is 22.6 Å². The number of amides is 2. The first kappa shape index (κ1) is 24.8. The zero-order valence-electron chi connectivity index (χ0n) is 20.3. The van der Waals surface area contributed by atoms with Gasteiger partial charge in [-0.2, -0.15) is 0 Å². The summed E-state index contributed by atoms with van der Waals surface area (Å²) in [5, 5.41) is 3.24. The second-order valence-corrected chi connectivity index (χ2v) is 9.13. The van der Waals surface area contributed by atoms with Crippen molar-refractivity contribution in [3.05, 3.63) is 65.2 Å². The maximum absolute atomic E-state index is 13.5. The molecule has 0 saturated heterocycles. The van der Waals surface area contributed by atoms with Crippen LogP contribution in [0.2, 0.25) is 0 Å². The first-order chi connectivity index (χ1) is 16.0. The van der Waals surface area contributed by atoms with Crippen molar-refractivity contribution in [2.24, 2.45) is 0 Å². The molecule has 5 nitrogen and oxygen atoms in total. The van der Waals surface area contributed by atoms with Gasteiger partial charge in [-0.25, -0.2) is 0 Å². The van der Waals surface area contributed by atoms with E-state index >= 15 is 0 Å². The largest absolute Gasteiger partial charge is 0.497 e. The summed E-state index contributed by atoms with van der Waals surface area (Å²) in [5.74, 6) is 0.722. The first-order valence-corrected chi connectivity index (χ1v) is 12.3. The van der Waals surface area contributed by atoms with Crippen LogP contribution in [0, 0.1) is 6.92 Å². The lowest BCUT2D eigenvalue weighted by atomic mass is 9.95. The summed E-state index contributed by atoms with van der Waals surface area (Å²) in [6.45, 7) is 4.43. The topological polar surface area (TPSA) is 58.6 Å². The number of hydrogen-bond donors (Lipinski definition) is 1. The Morgan fingerprint density at radius 3 is 2.45 bits per heavy atom. The van der Waals surface area contributed by atoms with Crippen LogP contribution in [0.5, 0.6) is 5.75 Å². The highest BCUT2D eigenvalue weighted by atomic mass is 16.5. The summed E-state index contributed by atoms with van der Waals surface area (Å²) >= 11 is 0. The van der Waals surface area contributed by atoms with Gasteiger partial charge in [0.15, 0.2) is 0 Å². The summed E-state index contributed by atoms with van der Waals surface area (Å²) in [4.78, 5) is 28.5. The van der Waals surface area contributed by atoms with Crippen LogP contribution in [0.15, 0.2) is 48.5 Å². The predicted molar refractivity (Wildman–Crippen MR) is 132 cm³/mol. The quantitative estimate of drug-likeness (QED) is 0.542. The van der Waals surface area contributed by atoms with Crippen molar-refractivity contribution in [1.82, 2.24) is 10.2 Å². The Hall–Kier alpha value is -2.82. The van der Waals surface area contributed by atoms with E-state index in [2.05, 4.69) is 36.5 Å². The van der Waals surface area contributed by atoms with Gasteiger partial charge in [0.25, 0.3) is 0 Å². The molecule has 33 heavy (non-hydrogen) atoms. The van der Waals surface area contributed by atoms with Crippen molar-refractivity contribution in [1.29, 1.82) is 0 Å². The number of ether oxygens (including phenoxy) is 1. The van der Waals surface area contributed by atoms with Crippen LogP contribution < -0.4 is 10.1 Å². The van der Waals surface area contributed by atoms with E-state index in [0.717, 1.165) is 42.6 Å². The summed E-state index contributed by atoms with van der Waals surface area (Å²) in [6, 6.07) is 15.8. The molecule has 1 N–H and O–H groups in total. The summed E-state index contributed by atoms with van der Waals surface area (Å²) in [6.07, 6.45) is 7.23. The number of benzene rings is 2. The number of nitrogens with zero attached hydrogens (tertiary/aromatic N) is 1. The molecule has 2 amide bonds. The van der Waals surface area contributed by atoms with Gasteiger partial charge < -0.3 is 15.0 Å². The molecule has 5 heteroatoms. The number of carbonyl (C=O) groups is 2. The van der Waals surface area contributed by atoms with Crippen LogP contribution in [0.3, 0.4) is 0 Å². The van der Waals surface area contributed by atoms with Crippen molar-refractivity contribution in [3.8, 4) is 5.75 Å². The van der Waals surface area contributed by atoms with Gasteiger partial charge in [0.05, 0.1) is 7.11 Å². The van der Waals surface area contributed by atoms with E-state index in [1.54, 1.807) is 12.0 Å². The molecule has 0 heterocycles. The third-order valence-corrected chi connectivity index (χ3v) is 6.57. The Balaban J connectivity index is 1.76.